The van der Waals surface area contributed by atoms with E-state index in [2.05, 4.69) is 18.5 Å². The molecule has 2 N–H and O–H groups in total. The Bertz CT molecular complexity index is 216. The van der Waals surface area contributed by atoms with Crippen LogP contribution in [0.4, 0.5) is 0 Å². The van der Waals surface area contributed by atoms with E-state index in [9.17, 15) is 4.79 Å². The van der Waals surface area contributed by atoms with Crippen molar-refractivity contribution < 1.29 is 9.90 Å². The number of carbonyl (C=O) groups is 1. The molecule has 0 aromatic carbocycles. The molecule has 0 aliphatic heterocycles. The first kappa shape index (κ1) is 14.9. The van der Waals surface area contributed by atoms with Crippen molar-refractivity contribution in [3.63, 3.8) is 0 Å². The van der Waals surface area contributed by atoms with Crippen molar-refractivity contribution in [3.05, 3.63) is 25.3 Å². The van der Waals surface area contributed by atoms with E-state index in [4.69, 9.17) is 5.11 Å². The Morgan fingerprint density at radius 1 is 1.31 bits per heavy atom. The number of allylic oxidation sites excluding steroid dienone is 2. The summed E-state index contributed by atoms with van der Waals surface area (Å²) < 4.78 is 0. The quantitative estimate of drug-likeness (QED) is 0.561. The van der Waals surface area contributed by atoms with Gasteiger partial charge in [0.25, 0.3) is 0 Å². The van der Waals surface area contributed by atoms with E-state index in [1.54, 1.807) is 0 Å². The van der Waals surface area contributed by atoms with E-state index in [1.165, 1.54) is 0 Å². The minimum Gasteiger partial charge on any atom is -0.481 e. The molecule has 0 amide bonds. The molecule has 0 aliphatic carbocycles. The molecule has 0 radical (unpaired) electrons. The maximum Gasteiger partial charge on any atom is 0.303 e. The van der Waals surface area contributed by atoms with Crippen molar-refractivity contribution in [1.29, 1.82) is 0 Å². The van der Waals surface area contributed by atoms with Crippen LogP contribution in [0.1, 0.15) is 26.2 Å². The van der Waals surface area contributed by atoms with Gasteiger partial charge >= 0.3 is 5.97 Å². The van der Waals surface area contributed by atoms with Gasteiger partial charge in [-0.15, -0.1) is 13.2 Å². The van der Waals surface area contributed by atoms with Gasteiger partial charge in [0.1, 0.15) is 0 Å². The Kier molecular flexibility index (Phi) is 8.53. The van der Waals surface area contributed by atoms with E-state index >= 15 is 0 Å². The molecular formula is C13H23NO2. The fraction of sp³-hybridized carbons (Fsp3) is 0.615. The third-order valence-corrected chi connectivity index (χ3v) is 2.45. The van der Waals surface area contributed by atoms with Gasteiger partial charge in [-0.1, -0.05) is 19.1 Å². The van der Waals surface area contributed by atoms with E-state index in [-0.39, 0.29) is 12.3 Å². The van der Waals surface area contributed by atoms with E-state index in [0.717, 1.165) is 25.9 Å². The molecule has 3 heteroatoms. The Morgan fingerprint density at radius 3 is 2.31 bits per heavy atom. The Balaban J connectivity index is 3.70. The molecule has 0 aliphatic rings. The van der Waals surface area contributed by atoms with E-state index < -0.39 is 5.97 Å². The largest absolute Gasteiger partial charge is 0.481 e. The average molecular weight is 225 g/mol. The van der Waals surface area contributed by atoms with Crippen LogP contribution in [0.2, 0.25) is 0 Å². The predicted molar refractivity (Wildman–Crippen MR) is 67.4 cm³/mol. The van der Waals surface area contributed by atoms with Crippen molar-refractivity contribution in [2.45, 2.75) is 26.2 Å². The van der Waals surface area contributed by atoms with Crippen LogP contribution >= 0.6 is 0 Å². The summed E-state index contributed by atoms with van der Waals surface area (Å²) in [6, 6.07) is 0. The van der Waals surface area contributed by atoms with Crippen LogP contribution in [0, 0.1) is 11.8 Å². The van der Waals surface area contributed by atoms with Gasteiger partial charge in [-0.3, -0.25) is 4.79 Å². The topological polar surface area (TPSA) is 49.3 Å². The van der Waals surface area contributed by atoms with Gasteiger partial charge in [0.05, 0.1) is 0 Å². The third-order valence-electron chi connectivity index (χ3n) is 2.45. The molecule has 0 aromatic heterocycles. The minimum atomic E-state index is -0.733. The molecular weight excluding hydrogens is 202 g/mol. The molecule has 1 unspecified atom stereocenters. The number of carboxylic acid groups (broad SMARTS) is 1. The summed E-state index contributed by atoms with van der Waals surface area (Å²) in [5.41, 5.74) is 0. The lowest BCUT2D eigenvalue weighted by atomic mass is 10.0. The minimum absolute atomic E-state index is 0.172. The summed E-state index contributed by atoms with van der Waals surface area (Å²) in [5, 5.41) is 11.9. The summed E-state index contributed by atoms with van der Waals surface area (Å²) in [7, 11) is 0. The lowest BCUT2D eigenvalue weighted by molar-refractivity contribution is -0.137. The molecule has 16 heavy (non-hydrogen) atoms. The smallest absolute Gasteiger partial charge is 0.303 e. The van der Waals surface area contributed by atoms with Crippen LogP contribution in [0.5, 0.6) is 0 Å². The summed E-state index contributed by atoms with van der Waals surface area (Å²) in [6.07, 6.45) is 5.98. The van der Waals surface area contributed by atoms with Crippen molar-refractivity contribution in [1.82, 2.24) is 5.32 Å². The SMILES string of the molecule is C=CCC(CC=C)CNCC(C)CC(=O)O. The van der Waals surface area contributed by atoms with Crippen molar-refractivity contribution >= 4 is 5.97 Å². The average Bonchev–Trinajstić information content (AvgIpc) is 2.17. The predicted octanol–water partition coefficient (Wildman–Crippen LogP) is 2.46. The highest BCUT2D eigenvalue weighted by molar-refractivity contribution is 5.66. The highest BCUT2D eigenvalue weighted by Gasteiger charge is 2.09. The first-order valence-electron chi connectivity index (χ1n) is 5.74. The second-order valence-electron chi connectivity index (χ2n) is 4.28. The first-order chi connectivity index (χ1) is 7.60. The maximum atomic E-state index is 10.5. The zero-order valence-corrected chi connectivity index (χ0v) is 10.1. The molecule has 3 nitrogen and oxygen atoms in total. The van der Waals surface area contributed by atoms with Crippen LogP contribution in [0.15, 0.2) is 25.3 Å². The second-order valence-corrected chi connectivity index (χ2v) is 4.28. The van der Waals surface area contributed by atoms with Gasteiger partial charge in [-0.05, 0) is 37.8 Å². The highest BCUT2D eigenvalue weighted by Crippen LogP contribution is 2.09. The molecule has 92 valence electrons. The fourth-order valence-electron chi connectivity index (χ4n) is 1.64. The standard InChI is InChI=1S/C13H23NO2/c1-4-6-12(7-5-2)10-14-9-11(3)8-13(15)16/h4-5,11-12,14H,1-2,6-10H2,3H3,(H,15,16). The summed E-state index contributed by atoms with van der Waals surface area (Å²) in [6.45, 7) is 11.0. The Hall–Kier alpha value is -1.09. The number of carboxylic acids is 1. The molecule has 0 bridgehead atoms. The van der Waals surface area contributed by atoms with Crippen LogP contribution < -0.4 is 5.32 Å². The van der Waals surface area contributed by atoms with Crippen molar-refractivity contribution in [2.24, 2.45) is 11.8 Å². The molecule has 0 saturated carbocycles. The van der Waals surface area contributed by atoms with Crippen LogP contribution in [-0.2, 0) is 4.79 Å². The molecule has 1 atom stereocenters. The van der Waals surface area contributed by atoms with Crippen molar-refractivity contribution in [3.8, 4) is 0 Å². The normalized spacial score (nSPS) is 12.4. The number of rotatable bonds is 10. The fourth-order valence-corrected chi connectivity index (χ4v) is 1.64. The molecule has 0 aromatic rings. The van der Waals surface area contributed by atoms with Crippen LogP contribution in [0.3, 0.4) is 0 Å². The Morgan fingerprint density at radius 2 is 1.88 bits per heavy atom. The lowest BCUT2D eigenvalue weighted by Gasteiger charge is -2.16. The van der Waals surface area contributed by atoms with Gasteiger partial charge in [0.15, 0.2) is 0 Å². The lowest BCUT2D eigenvalue weighted by Crippen LogP contribution is -2.28. The summed E-state index contributed by atoms with van der Waals surface area (Å²) >= 11 is 0. The monoisotopic (exact) mass is 225 g/mol. The summed E-state index contributed by atoms with van der Waals surface area (Å²) in [5.74, 6) is -0.0410. The van der Waals surface area contributed by atoms with Gasteiger partial charge in [-0.25, -0.2) is 0 Å². The summed E-state index contributed by atoms with van der Waals surface area (Å²) in [4.78, 5) is 10.5. The number of hydrogen-bond donors (Lipinski definition) is 2. The van der Waals surface area contributed by atoms with Crippen molar-refractivity contribution in [2.75, 3.05) is 13.1 Å². The Labute approximate surface area is 98.2 Å². The van der Waals surface area contributed by atoms with Gasteiger partial charge in [0, 0.05) is 6.42 Å². The zero-order chi connectivity index (χ0) is 12.4. The van der Waals surface area contributed by atoms with Gasteiger partial charge < -0.3 is 10.4 Å². The van der Waals surface area contributed by atoms with Crippen LogP contribution in [0.25, 0.3) is 0 Å². The molecule has 0 heterocycles. The number of hydrogen-bond acceptors (Lipinski definition) is 2. The first-order valence-corrected chi connectivity index (χ1v) is 5.74. The number of nitrogens with one attached hydrogen (secondary N) is 1. The second kappa shape index (κ2) is 9.16. The number of aliphatic carboxylic acids is 1. The van der Waals surface area contributed by atoms with E-state index in [0.29, 0.717) is 5.92 Å². The third kappa shape index (κ3) is 8.24. The highest BCUT2D eigenvalue weighted by atomic mass is 16.4. The van der Waals surface area contributed by atoms with E-state index in [1.807, 2.05) is 19.1 Å². The van der Waals surface area contributed by atoms with Crippen LogP contribution in [-0.4, -0.2) is 24.2 Å². The van der Waals surface area contributed by atoms with Gasteiger partial charge in [0.2, 0.25) is 0 Å². The zero-order valence-electron chi connectivity index (χ0n) is 10.1. The molecule has 0 spiro atoms. The maximum absolute atomic E-state index is 10.5. The molecule has 0 saturated heterocycles. The molecule has 0 fully saturated rings. The molecule has 0 rings (SSSR count). The van der Waals surface area contributed by atoms with Gasteiger partial charge in [-0.2, -0.15) is 0 Å².